The van der Waals surface area contributed by atoms with Gasteiger partial charge in [-0.3, -0.25) is 4.79 Å². The molecule has 0 aliphatic heterocycles. The highest BCUT2D eigenvalue weighted by atomic mass is 32.1. The third kappa shape index (κ3) is 3.78. The van der Waals surface area contributed by atoms with E-state index in [9.17, 15) is 14.8 Å². The van der Waals surface area contributed by atoms with Gasteiger partial charge in [-0.2, -0.15) is 12.6 Å². The van der Waals surface area contributed by atoms with E-state index < -0.39 is 13.1 Å². The maximum Gasteiger partial charge on any atom is 0.480 e. The second kappa shape index (κ2) is 6.98. The monoisotopic (exact) mass is 303 g/mol. The molecular weight excluding hydrogens is 285 g/mol. The van der Waals surface area contributed by atoms with Crippen molar-refractivity contribution < 1.29 is 14.8 Å². The largest absolute Gasteiger partial charge is 0.480 e. The normalized spacial score (nSPS) is 13.7. The van der Waals surface area contributed by atoms with Crippen LogP contribution < -0.4 is 5.32 Å². The molecule has 0 radical (unpaired) electrons. The van der Waals surface area contributed by atoms with Crippen LogP contribution in [0.25, 0.3) is 10.8 Å². The lowest BCUT2D eigenvalue weighted by Crippen LogP contribution is -2.41. The highest BCUT2D eigenvalue weighted by Gasteiger charge is 2.28. The van der Waals surface area contributed by atoms with E-state index in [0.29, 0.717) is 11.3 Å². The minimum atomic E-state index is -1.66. The predicted molar refractivity (Wildman–Crippen MR) is 88.0 cm³/mol. The molecule has 0 heterocycles. The number of hydrogen-bond donors (Lipinski definition) is 4. The Morgan fingerprint density at radius 1 is 1.24 bits per heavy atom. The lowest BCUT2D eigenvalue weighted by molar-refractivity contribution is -0.124. The van der Waals surface area contributed by atoms with E-state index >= 15 is 0 Å². The highest BCUT2D eigenvalue weighted by molar-refractivity contribution is 7.80. The van der Waals surface area contributed by atoms with Crippen LogP contribution in [0.3, 0.4) is 0 Å². The van der Waals surface area contributed by atoms with Crippen molar-refractivity contribution in [2.75, 3.05) is 5.75 Å². The van der Waals surface area contributed by atoms with Crippen LogP contribution in [0, 0.1) is 5.92 Å². The van der Waals surface area contributed by atoms with Gasteiger partial charge >= 0.3 is 7.12 Å². The summed E-state index contributed by atoms with van der Waals surface area (Å²) >= 11 is 4.08. The van der Waals surface area contributed by atoms with Gasteiger partial charge in [0.1, 0.15) is 0 Å². The Morgan fingerprint density at radius 3 is 2.52 bits per heavy atom. The zero-order valence-corrected chi connectivity index (χ0v) is 12.6. The number of rotatable bonds is 5. The van der Waals surface area contributed by atoms with Crippen molar-refractivity contribution in [3.05, 3.63) is 48.0 Å². The standard InChI is InChI=1S/C15H18BNO3S/c1-10(9-21)15(18)17-14(16(19)20)13-7-6-11-4-2-3-5-12(11)8-13/h2-8,10,14,19-21H,9H2,1H3,(H,17,18)/t10-,14-/m1/s1. The van der Waals surface area contributed by atoms with Crippen molar-refractivity contribution in [1.82, 2.24) is 5.32 Å². The molecule has 2 aromatic rings. The molecule has 2 rings (SSSR count). The van der Waals surface area contributed by atoms with Crippen molar-refractivity contribution in [2.45, 2.75) is 12.9 Å². The van der Waals surface area contributed by atoms with E-state index in [1.54, 1.807) is 13.0 Å². The van der Waals surface area contributed by atoms with Gasteiger partial charge in [0.05, 0.1) is 5.94 Å². The molecule has 0 bridgehead atoms. The van der Waals surface area contributed by atoms with Crippen LogP contribution in [-0.2, 0) is 4.79 Å². The molecular formula is C15H18BNO3S. The topological polar surface area (TPSA) is 69.6 Å². The summed E-state index contributed by atoms with van der Waals surface area (Å²) in [6, 6.07) is 13.3. The van der Waals surface area contributed by atoms with Gasteiger partial charge in [-0.15, -0.1) is 0 Å². The molecule has 1 amide bonds. The van der Waals surface area contributed by atoms with Crippen molar-refractivity contribution in [3.63, 3.8) is 0 Å². The molecule has 0 saturated heterocycles. The molecule has 3 N–H and O–H groups in total. The zero-order valence-electron chi connectivity index (χ0n) is 11.7. The average molecular weight is 303 g/mol. The summed E-state index contributed by atoms with van der Waals surface area (Å²) in [6.07, 6.45) is 0. The van der Waals surface area contributed by atoms with Crippen LogP contribution in [0.4, 0.5) is 0 Å². The first-order valence-electron chi connectivity index (χ1n) is 6.79. The predicted octanol–water partition coefficient (Wildman–Crippen LogP) is 1.57. The lowest BCUT2D eigenvalue weighted by Gasteiger charge is -2.20. The van der Waals surface area contributed by atoms with Crippen LogP contribution in [-0.4, -0.2) is 28.8 Å². The molecule has 4 nitrogen and oxygen atoms in total. The summed E-state index contributed by atoms with van der Waals surface area (Å²) in [4.78, 5) is 11.9. The van der Waals surface area contributed by atoms with Gasteiger partial charge in [0, 0.05) is 11.7 Å². The van der Waals surface area contributed by atoms with E-state index in [2.05, 4.69) is 17.9 Å². The summed E-state index contributed by atoms with van der Waals surface area (Å²) in [5, 5.41) is 23.8. The molecule has 0 aromatic heterocycles. The number of hydrogen-bond acceptors (Lipinski definition) is 4. The first-order valence-corrected chi connectivity index (χ1v) is 7.42. The number of carbonyl (C=O) groups is 1. The van der Waals surface area contributed by atoms with Crippen LogP contribution >= 0.6 is 12.6 Å². The van der Waals surface area contributed by atoms with Crippen molar-refractivity contribution in [3.8, 4) is 0 Å². The number of thiol groups is 1. The van der Waals surface area contributed by atoms with Crippen molar-refractivity contribution >= 4 is 36.4 Å². The summed E-state index contributed by atoms with van der Waals surface area (Å²) in [5.41, 5.74) is 0.656. The Bertz CT molecular complexity index is 635. The van der Waals surface area contributed by atoms with E-state index in [1.165, 1.54) is 0 Å². The van der Waals surface area contributed by atoms with Crippen LogP contribution in [0.15, 0.2) is 42.5 Å². The van der Waals surface area contributed by atoms with Crippen LogP contribution in [0.2, 0.25) is 0 Å². The van der Waals surface area contributed by atoms with Gasteiger partial charge in [-0.1, -0.05) is 43.3 Å². The number of fused-ring (bicyclic) bond motifs is 1. The summed E-state index contributed by atoms with van der Waals surface area (Å²) in [6.45, 7) is 1.74. The number of benzene rings is 2. The Balaban J connectivity index is 2.29. The zero-order chi connectivity index (χ0) is 15.4. The third-order valence-corrected chi connectivity index (χ3v) is 4.00. The fourth-order valence-corrected chi connectivity index (χ4v) is 2.28. The SMILES string of the molecule is C[C@H](CS)C(=O)N[C@@H](B(O)O)c1ccc2ccccc2c1. The van der Waals surface area contributed by atoms with Crippen molar-refractivity contribution in [1.29, 1.82) is 0 Å². The third-order valence-electron chi connectivity index (χ3n) is 3.45. The van der Waals surface area contributed by atoms with E-state index in [1.807, 2.05) is 36.4 Å². The van der Waals surface area contributed by atoms with Gasteiger partial charge in [0.2, 0.25) is 5.91 Å². The Hall–Kier alpha value is -1.50. The Labute approximate surface area is 129 Å². The smallest absolute Gasteiger partial charge is 0.426 e. The summed E-state index contributed by atoms with van der Waals surface area (Å²) < 4.78 is 0. The van der Waals surface area contributed by atoms with Gasteiger partial charge < -0.3 is 15.4 Å². The van der Waals surface area contributed by atoms with Gasteiger partial charge in [-0.05, 0) is 22.4 Å². The molecule has 0 spiro atoms. The molecule has 0 fully saturated rings. The number of nitrogens with one attached hydrogen (secondary N) is 1. The molecule has 0 saturated carbocycles. The van der Waals surface area contributed by atoms with E-state index in [0.717, 1.165) is 10.8 Å². The summed E-state index contributed by atoms with van der Waals surface area (Å²) in [5.74, 6) is -1.01. The van der Waals surface area contributed by atoms with Crippen LogP contribution in [0.1, 0.15) is 18.4 Å². The number of amides is 1. The highest BCUT2D eigenvalue weighted by Crippen LogP contribution is 2.21. The number of carbonyl (C=O) groups excluding carboxylic acids is 1. The molecule has 2 atom stereocenters. The minimum absolute atomic E-state index is 0.253. The maximum absolute atomic E-state index is 11.9. The second-order valence-electron chi connectivity index (χ2n) is 5.09. The molecule has 6 heteroatoms. The molecule has 21 heavy (non-hydrogen) atoms. The fourth-order valence-electron chi connectivity index (χ4n) is 2.11. The lowest BCUT2D eigenvalue weighted by atomic mass is 9.74. The second-order valence-corrected chi connectivity index (χ2v) is 5.46. The Morgan fingerprint density at radius 2 is 1.90 bits per heavy atom. The molecule has 0 unspecified atom stereocenters. The van der Waals surface area contributed by atoms with E-state index in [-0.39, 0.29) is 11.8 Å². The first-order chi connectivity index (χ1) is 10.0. The fraction of sp³-hybridized carbons (Fsp3) is 0.267. The Kier molecular flexibility index (Phi) is 5.28. The molecule has 0 aliphatic rings. The average Bonchev–Trinajstić information content (AvgIpc) is 2.50. The summed E-state index contributed by atoms with van der Waals surface area (Å²) in [7, 11) is -1.66. The molecule has 110 valence electrons. The minimum Gasteiger partial charge on any atom is -0.426 e. The first kappa shape index (κ1) is 15.9. The quantitative estimate of drug-likeness (QED) is 0.501. The van der Waals surface area contributed by atoms with Crippen molar-refractivity contribution in [2.24, 2.45) is 5.92 Å². The van der Waals surface area contributed by atoms with Crippen LogP contribution in [0.5, 0.6) is 0 Å². The maximum atomic E-state index is 11.9. The van der Waals surface area contributed by atoms with E-state index in [4.69, 9.17) is 0 Å². The molecule has 0 aliphatic carbocycles. The van der Waals surface area contributed by atoms with Gasteiger partial charge in [0.15, 0.2) is 0 Å². The molecule has 2 aromatic carbocycles. The van der Waals surface area contributed by atoms with Gasteiger partial charge in [0.25, 0.3) is 0 Å². The van der Waals surface area contributed by atoms with Gasteiger partial charge in [-0.25, -0.2) is 0 Å².